The van der Waals surface area contributed by atoms with Gasteiger partial charge in [-0.25, -0.2) is 9.78 Å². The highest BCUT2D eigenvalue weighted by Gasteiger charge is 2.29. The van der Waals surface area contributed by atoms with E-state index in [1.165, 1.54) is 29.1 Å². The molecule has 2 N–H and O–H groups in total. The number of nitrogens with one attached hydrogen (secondary N) is 2. The number of amides is 2. The lowest BCUT2D eigenvalue weighted by Crippen LogP contribution is -2.33. The number of carbonyl (C=O) groups excluding carboxylic acids is 1. The highest BCUT2D eigenvalue weighted by molar-refractivity contribution is 5.89. The summed E-state index contributed by atoms with van der Waals surface area (Å²) in [4.78, 5) is 27.6. The molecule has 2 aromatic rings. The Morgan fingerprint density at radius 2 is 1.92 bits per heavy atom. The van der Waals surface area contributed by atoms with Crippen LogP contribution in [0.15, 0.2) is 41.5 Å². The summed E-state index contributed by atoms with van der Waals surface area (Å²) in [5.74, 6) is 0. The van der Waals surface area contributed by atoms with Crippen LogP contribution in [0.4, 0.5) is 23.7 Å². The van der Waals surface area contributed by atoms with E-state index in [4.69, 9.17) is 0 Å². The number of rotatable bonds is 5. The molecule has 9 heteroatoms. The van der Waals surface area contributed by atoms with Gasteiger partial charge in [-0.15, -0.1) is 0 Å². The maximum atomic E-state index is 12.5. The van der Waals surface area contributed by atoms with Gasteiger partial charge in [-0.2, -0.15) is 13.2 Å². The fraction of sp³-hybridized carbons (Fsp3) is 0.312. The van der Waals surface area contributed by atoms with E-state index in [2.05, 4.69) is 15.6 Å². The summed E-state index contributed by atoms with van der Waals surface area (Å²) in [6.45, 7) is 2.29. The molecule has 1 heterocycles. The first-order chi connectivity index (χ1) is 11.8. The van der Waals surface area contributed by atoms with E-state index in [-0.39, 0.29) is 24.3 Å². The number of nitrogens with zero attached hydrogens (tertiary/aromatic N) is 2. The molecule has 2 amide bonds. The average molecular weight is 354 g/mol. The Kier molecular flexibility index (Phi) is 5.79. The van der Waals surface area contributed by atoms with Crippen molar-refractivity contribution in [2.24, 2.45) is 0 Å². The number of halogens is 3. The highest BCUT2D eigenvalue weighted by Crippen LogP contribution is 2.29. The van der Waals surface area contributed by atoms with Crippen molar-refractivity contribution in [1.29, 1.82) is 0 Å². The summed E-state index contributed by atoms with van der Waals surface area (Å²) in [6, 6.07) is 4.96. The second kappa shape index (κ2) is 7.82. The zero-order chi connectivity index (χ0) is 18.4. The van der Waals surface area contributed by atoms with Gasteiger partial charge in [-0.1, -0.05) is 6.92 Å². The molecule has 1 aromatic heterocycles. The summed E-state index contributed by atoms with van der Waals surface area (Å²) in [7, 11) is 0. The maximum absolute atomic E-state index is 12.5. The molecule has 0 atom stereocenters. The third-order valence-corrected chi connectivity index (χ3v) is 3.41. The van der Waals surface area contributed by atoms with Crippen molar-refractivity contribution in [3.05, 3.63) is 58.3 Å². The topological polar surface area (TPSA) is 76.0 Å². The fourth-order valence-electron chi connectivity index (χ4n) is 2.03. The van der Waals surface area contributed by atoms with Gasteiger partial charge in [-0.3, -0.25) is 9.36 Å². The maximum Gasteiger partial charge on any atom is 0.416 e. The molecule has 0 aliphatic rings. The number of anilines is 1. The van der Waals surface area contributed by atoms with Crippen LogP contribution < -0.4 is 16.2 Å². The Labute approximate surface area is 141 Å². The van der Waals surface area contributed by atoms with Crippen molar-refractivity contribution < 1.29 is 18.0 Å². The minimum Gasteiger partial charge on any atom is -0.336 e. The number of aryl methyl sites for hydroxylation is 1. The lowest BCUT2D eigenvalue weighted by molar-refractivity contribution is -0.137. The lowest BCUT2D eigenvalue weighted by Gasteiger charge is -2.10. The van der Waals surface area contributed by atoms with Crippen molar-refractivity contribution in [1.82, 2.24) is 14.9 Å². The standard InChI is InChI=1S/C16H17F3N4O2/c1-2-12-9-14(24)23(10-21-12)8-7-20-15(25)22-13-5-3-11(4-6-13)16(17,18)19/h3-6,9-10H,2,7-8H2,1H3,(H2,20,22,25). The summed E-state index contributed by atoms with van der Waals surface area (Å²) in [6.07, 6.45) is -2.35. The van der Waals surface area contributed by atoms with E-state index in [0.717, 1.165) is 12.1 Å². The molecule has 2 rings (SSSR count). The Morgan fingerprint density at radius 1 is 1.24 bits per heavy atom. The van der Waals surface area contributed by atoms with E-state index in [1.54, 1.807) is 0 Å². The minimum atomic E-state index is -4.42. The molecule has 134 valence electrons. The smallest absolute Gasteiger partial charge is 0.336 e. The van der Waals surface area contributed by atoms with Crippen LogP contribution in [0.5, 0.6) is 0 Å². The Balaban J connectivity index is 1.84. The van der Waals surface area contributed by atoms with Gasteiger partial charge in [-0.05, 0) is 30.7 Å². The van der Waals surface area contributed by atoms with Crippen LogP contribution in [0.2, 0.25) is 0 Å². The van der Waals surface area contributed by atoms with E-state index >= 15 is 0 Å². The number of benzene rings is 1. The zero-order valence-electron chi connectivity index (χ0n) is 13.4. The SMILES string of the molecule is CCc1cc(=O)n(CCNC(=O)Nc2ccc(C(F)(F)F)cc2)cn1. The Morgan fingerprint density at radius 3 is 2.48 bits per heavy atom. The number of carbonyl (C=O) groups is 1. The molecular weight excluding hydrogens is 337 g/mol. The third kappa shape index (κ3) is 5.33. The minimum absolute atomic E-state index is 0.166. The van der Waals surface area contributed by atoms with Gasteiger partial charge in [0.05, 0.1) is 11.9 Å². The van der Waals surface area contributed by atoms with Gasteiger partial charge in [0.15, 0.2) is 0 Å². The van der Waals surface area contributed by atoms with Crippen LogP contribution in [0.3, 0.4) is 0 Å². The van der Waals surface area contributed by atoms with E-state index < -0.39 is 17.8 Å². The molecule has 0 bridgehead atoms. The van der Waals surface area contributed by atoms with Gasteiger partial charge >= 0.3 is 12.2 Å². The number of hydrogen-bond acceptors (Lipinski definition) is 3. The van der Waals surface area contributed by atoms with E-state index in [1.807, 2.05) is 6.92 Å². The molecule has 6 nitrogen and oxygen atoms in total. The number of urea groups is 1. The molecule has 25 heavy (non-hydrogen) atoms. The van der Waals surface area contributed by atoms with Gasteiger partial charge in [0.2, 0.25) is 0 Å². The number of hydrogen-bond donors (Lipinski definition) is 2. The summed E-state index contributed by atoms with van der Waals surface area (Å²) in [5.41, 5.74) is -0.0801. The summed E-state index contributed by atoms with van der Waals surface area (Å²) in [5, 5.41) is 4.94. The number of alkyl halides is 3. The lowest BCUT2D eigenvalue weighted by atomic mass is 10.2. The molecule has 0 saturated heterocycles. The van der Waals surface area contributed by atoms with E-state index in [9.17, 15) is 22.8 Å². The monoisotopic (exact) mass is 354 g/mol. The first-order valence-corrected chi connectivity index (χ1v) is 7.57. The predicted octanol–water partition coefficient (Wildman–Crippen LogP) is 2.65. The summed E-state index contributed by atoms with van der Waals surface area (Å²) < 4.78 is 38.7. The second-order valence-corrected chi connectivity index (χ2v) is 5.22. The zero-order valence-corrected chi connectivity index (χ0v) is 13.4. The van der Waals surface area contributed by atoms with Crippen molar-refractivity contribution in [2.75, 3.05) is 11.9 Å². The van der Waals surface area contributed by atoms with Gasteiger partial charge in [0.1, 0.15) is 0 Å². The molecule has 0 aliphatic carbocycles. The highest BCUT2D eigenvalue weighted by atomic mass is 19.4. The average Bonchev–Trinajstić information content (AvgIpc) is 2.56. The van der Waals surface area contributed by atoms with Gasteiger partial charge in [0.25, 0.3) is 5.56 Å². The van der Waals surface area contributed by atoms with Crippen LogP contribution in [-0.4, -0.2) is 22.1 Å². The summed E-state index contributed by atoms with van der Waals surface area (Å²) >= 11 is 0. The first kappa shape index (κ1) is 18.5. The van der Waals surface area contributed by atoms with Crippen LogP contribution in [-0.2, 0) is 19.1 Å². The Bertz CT molecular complexity index is 785. The number of aromatic nitrogens is 2. The fourth-order valence-corrected chi connectivity index (χ4v) is 2.03. The van der Waals surface area contributed by atoms with Gasteiger partial charge in [0, 0.05) is 30.5 Å². The second-order valence-electron chi connectivity index (χ2n) is 5.22. The first-order valence-electron chi connectivity index (χ1n) is 7.57. The van der Waals surface area contributed by atoms with Crippen LogP contribution in [0, 0.1) is 0 Å². The van der Waals surface area contributed by atoms with Crippen molar-refractivity contribution in [3.63, 3.8) is 0 Å². The Hall–Kier alpha value is -2.84. The third-order valence-electron chi connectivity index (χ3n) is 3.41. The van der Waals surface area contributed by atoms with Crippen molar-refractivity contribution in [3.8, 4) is 0 Å². The van der Waals surface area contributed by atoms with E-state index in [0.29, 0.717) is 12.1 Å². The largest absolute Gasteiger partial charge is 0.416 e. The molecule has 0 radical (unpaired) electrons. The molecule has 0 unspecified atom stereocenters. The van der Waals surface area contributed by atoms with Crippen LogP contribution in [0.1, 0.15) is 18.2 Å². The molecule has 0 aliphatic heterocycles. The van der Waals surface area contributed by atoms with Crippen molar-refractivity contribution >= 4 is 11.7 Å². The van der Waals surface area contributed by atoms with Crippen molar-refractivity contribution in [2.45, 2.75) is 26.1 Å². The van der Waals surface area contributed by atoms with Gasteiger partial charge < -0.3 is 10.6 Å². The molecule has 1 aromatic carbocycles. The predicted molar refractivity (Wildman–Crippen MR) is 86.3 cm³/mol. The quantitative estimate of drug-likeness (QED) is 0.867. The molecule has 0 fully saturated rings. The van der Waals surface area contributed by atoms with Crippen LogP contribution in [0.25, 0.3) is 0 Å². The molecule has 0 spiro atoms. The normalized spacial score (nSPS) is 11.2. The molecular formula is C16H17F3N4O2. The molecule has 0 saturated carbocycles. The van der Waals surface area contributed by atoms with Crippen LogP contribution >= 0.6 is 0 Å².